The van der Waals surface area contributed by atoms with Gasteiger partial charge >= 0.3 is 0 Å². The Hall–Kier alpha value is -2.33. The van der Waals surface area contributed by atoms with Gasteiger partial charge in [-0.25, -0.2) is 8.42 Å². The fraction of sp³-hybridized carbons (Fsp3) is 0.176. The van der Waals surface area contributed by atoms with Crippen LogP contribution in [0.2, 0.25) is 10.0 Å². The molecule has 28 heavy (non-hydrogen) atoms. The fourth-order valence-electron chi connectivity index (χ4n) is 2.01. The number of hydrogen-bond donors (Lipinski definition) is 3. The van der Waals surface area contributed by atoms with Crippen LogP contribution in [-0.4, -0.2) is 26.3 Å². The fourth-order valence-corrected chi connectivity index (χ4v) is 3.31. The minimum atomic E-state index is -4.01. The molecule has 0 heterocycles. The molecule has 0 aliphatic rings. The molecule has 0 radical (unpaired) electrons. The summed E-state index contributed by atoms with van der Waals surface area (Å²) in [6.45, 7) is 2.76. The number of sulfonamides is 1. The molecule has 0 aromatic heterocycles. The zero-order valence-corrected chi connectivity index (χ0v) is 17.2. The van der Waals surface area contributed by atoms with Crippen molar-refractivity contribution in [3.05, 3.63) is 52.5 Å². The molecule has 0 bridgehead atoms. The molecule has 0 saturated heterocycles. The van der Waals surface area contributed by atoms with Crippen LogP contribution in [0.25, 0.3) is 0 Å². The number of carbonyl (C=O) groups excluding carboxylic acids is 2. The van der Waals surface area contributed by atoms with Crippen LogP contribution in [-0.2, 0) is 19.6 Å². The van der Waals surface area contributed by atoms with Gasteiger partial charge in [-0.1, -0.05) is 23.2 Å². The standard InChI is InChI=1S/C17H17Cl2N3O5S/c1-10(27-16-8-3-12(18)9-15(16)19)17(24)21-22-28(25,26)14-6-4-13(5-7-14)20-11(2)23/h3-10,22H,1-2H3,(H,20,23)(H,21,24). The van der Waals surface area contributed by atoms with Gasteiger partial charge in [0.1, 0.15) is 5.75 Å². The second kappa shape index (κ2) is 9.24. The predicted molar refractivity (Wildman–Crippen MR) is 106 cm³/mol. The molecule has 2 aromatic carbocycles. The van der Waals surface area contributed by atoms with Crippen molar-refractivity contribution in [3.8, 4) is 5.75 Å². The number of hydrogen-bond acceptors (Lipinski definition) is 5. The van der Waals surface area contributed by atoms with Gasteiger partial charge in [0.05, 0.1) is 9.92 Å². The lowest BCUT2D eigenvalue weighted by Crippen LogP contribution is -2.47. The van der Waals surface area contributed by atoms with Crippen LogP contribution in [0.4, 0.5) is 5.69 Å². The van der Waals surface area contributed by atoms with Crippen molar-refractivity contribution in [1.82, 2.24) is 10.3 Å². The Balaban J connectivity index is 1.97. The molecule has 2 aromatic rings. The Morgan fingerprint density at radius 3 is 2.29 bits per heavy atom. The smallest absolute Gasteiger partial charge is 0.275 e. The largest absolute Gasteiger partial charge is 0.479 e. The van der Waals surface area contributed by atoms with E-state index < -0.39 is 22.0 Å². The van der Waals surface area contributed by atoms with Gasteiger partial charge in [0.2, 0.25) is 5.91 Å². The Labute approximate surface area is 172 Å². The van der Waals surface area contributed by atoms with Crippen molar-refractivity contribution < 1.29 is 22.7 Å². The number of halogens is 2. The molecule has 8 nitrogen and oxygen atoms in total. The van der Waals surface area contributed by atoms with Crippen molar-refractivity contribution in [3.63, 3.8) is 0 Å². The molecule has 0 aliphatic carbocycles. The molecule has 0 aliphatic heterocycles. The highest BCUT2D eigenvalue weighted by atomic mass is 35.5. The van der Waals surface area contributed by atoms with E-state index in [2.05, 4.69) is 10.7 Å². The van der Waals surface area contributed by atoms with Gasteiger partial charge in [0.25, 0.3) is 15.9 Å². The van der Waals surface area contributed by atoms with Crippen LogP contribution in [0.1, 0.15) is 13.8 Å². The molecule has 3 N–H and O–H groups in total. The first kappa shape index (κ1) is 22.0. The molecule has 150 valence electrons. The molecular formula is C17H17Cl2N3O5S. The summed E-state index contributed by atoms with van der Waals surface area (Å²) in [4.78, 5) is 25.0. The molecule has 0 saturated carbocycles. The molecule has 2 rings (SSSR count). The van der Waals surface area contributed by atoms with E-state index in [1.54, 1.807) is 6.07 Å². The summed E-state index contributed by atoms with van der Waals surface area (Å²) < 4.78 is 29.9. The number of benzene rings is 2. The zero-order valence-electron chi connectivity index (χ0n) is 14.8. The number of amides is 2. The minimum absolute atomic E-state index is 0.101. The number of anilines is 1. The van der Waals surface area contributed by atoms with Crippen LogP contribution >= 0.6 is 23.2 Å². The van der Waals surface area contributed by atoms with E-state index >= 15 is 0 Å². The molecule has 1 atom stereocenters. The van der Waals surface area contributed by atoms with Gasteiger partial charge in [-0.3, -0.25) is 15.0 Å². The molecule has 0 fully saturated rings. The summed E-state index contributed by atoms with van der Waals surface area (Å²) in [7, 11) is -4.01. The summed E-state index contributed by atoms with van der Waals surface area (Å²) in [5, 5.41) is 3.14. The number of nitrogens with one attached hydrogen (secondary N) is 3. The van der Waals surface area contributed by atoms with Gasteiger partial charge in [0.15, 0.2) is 6.10 Å². The van der Waals surface area contributed by atoms with Crippen molar-refractivity contribution in [2.45, 2.75) is 24.8 Å². The van der Waals surface area contributed by atoms with E-state index in [1.165, 1.54) is 50.2 Å². The summed E-state index contributed by atoms with van der Waals surface area (Å²) in [5.41, 5.74) is 2.52. The van der Waals surface area contributed by atoms with Crippen molar-refractivity contribution in [2.75, 3.05) is 5.32 Å². The van der Waals surface area contributed by atoms with E-state index in [4.69, 9.17) is 27.9 Å². The monoisotopic (exact) mass is 445 g/mol. The molecule has 11 heteroatoms. The lowest BCUT2D eigenvalue weighted by molar-refractivity contribution is -0.127. The summed E-state index contributed by atoms with van der Waals surface area (Å²) in [5.74, 6) is -0.787. The van der Waals surface area contributed by atoms with Crippen LogP contribution < -0.4 is 20.3 Å². The van der Waals surface area contributed by atoms with E-state index in [0.717, 1.165) is 0 Å². The Kier molecular flexibility index (Phi) is 7.25. The minimum Gasteiger partial charge on any atom is -0.479 e. The molecule has 0 spiro atoms. The number of ether oxygens (including phenoxy) is 1. The maximum Gasteiger partial charge on any atom is 0.275 e. The SMILES string of the molecule is CC(=O)Nc1ccc(S(=O)(=O)NNC(=O)C(C)Oc2ccc(Cl)cc2Cl)cc1. The van der Waals surface area contributed by atoms with Crippen molar-refractivity contribution in [2.24, 2.45) is 0 Å². The number of rotatable bonds is 7. The first-order chi connectivity index (χ1) is 13.1. The van der Waals surface area contributed by atoms with Gasteiger partial charge in [0, 0.05) is 17.6 Å². The lowest BCUT2D eigenvalue weighted by atomic mass is 10.3. The molecule has 2 amide bonds. The van der Waals surface area contributed by atoms with E-state index in [-0.39, 0.29) is 21.6 Å². The van der Waals surface area contributed by atoms with Gasteiger partial charge in [-0.15, -0.1) is 4.83 Å². The highest BCUT2D eigenvalue weighted by Gasteiger charge is 2.20. The highest BCUT2D eigenvalue weighted by Crippen LogP contribution is 2.28. The third-order valence-electron chi connectivity index (χ3n) is 3.36. The first-order valence-electron chi connectivity index (χ1n) is 7.89. The molecule has 1 unspecified atom stereocenters. The second-order valence-corrected chi connectivity index (χ2v) is 8.16. The Bertz CT molecular complexity index is 981. The first-order valence-corrected chi connectivity index (χ1v) is 10.1. The number of carbonyl (C=O) groups is 2. The summed E-state index contributed by atoms with van der Waals surface area (Å²) in [6.07, 6.45) is -1.04. The predicted octanol–water partition coefficient (Wildman–Crippen LogP) is 2.73. The van der Waals surface area contributed by atoms with Crippen molar-refractivity contribution >= 4 is 50.7 Å². The summed E-state index contributed by atoms with van der Waals surface area (Å²) >= 11 is 11.8. The number of hydrazine groups is 1. The lowest BCUT2D eigenvalue weighted by Gasteiger charge is -2.16. The van der Waals surface area contributed by atoms with Gasteiger partial charge in [-0.05, 0) is 49.4 Å². The zero-order chi connectivity index (χ0) is 20.9. The van der Waals surface area contributed by atoms with Gasteiger partial charge in [-0.2, -0.15) is 0 Å². The third-order valence-corrected chi connectivity index (χ3v) is 5.15. The van der Waals surface area contributed by atoms with Crippen molar-refractivity contribution in [1.29, 1.82) is 0 Å². The van der Waals surface area contributed by atoms with Gasteiger partial charge < -0.3 is 10.1 Å². The topological polar surface area (TPSA) is 114 Å². The van der Waals surface area contributed by atoms with Crippen LogP contribution in [0, 0.1) is 0 Å². The van der Waals surface area contributed by atoms with E-state index in [9.17, 15) is 18.0 Å². The van der Waals surface area contributed by atoms with Crippen LogP contribution in [0.5, 0.6) is 5.75 Å². The molecular weight excluding hydrogens is 429 g/mol. The maximum atomic E-state index is 12.3. The Morgan fingerprint density at radius 1 is 1.07 bits per heavy atom. The Morgan fingerprint density at radius 2 is 1.71 bits per heavy atom. The average Bonchev–Trinajstić information content (AvgIpc) is 2.62. The van der Waals surface area contributed by atoms with Crippen LogP contribution in [0.3, 0.4) is 0 Å². The highest BCUT2D eigenvalue weighted by molar-refractivity contribution is 7.89. The normalized spacial score (nSPS) is 12.1. The average molecular weight is 446 g/mol. The quantitative estimate of drug-likeness (QED) is 0.566. The van der Waals surface area contributed by atoms with E-state index in [0.29, 0.717) is 10.7 Å². The third kappa shape index (κ3) is 6.10. The van der Waals surface area contributed by atoms with E-state index in [1.807, 2.05) is 4.83 Å². The summed E-state index contributed by atoms with van der Waals surface area (Å²) in [6, 6.07) is 9.91. The van der Waals surface area contributed by atoms with Crippen LogP contribution in [0.15, 0.2) is 47.4 Å². The maximum absolute atomic E-state index is 12.3. The second-order valence-electron chi connectivity index (χ2n) is 5.64.